The number of nitrogens with one attached hydrogen (secondary N) is 1. The van der Waals surface area contributed by atoms with E-state index in [1.54, 1.807) is 7.05 Å². The average Bonchev–Trinajstić information content (AvgIpc) is 2.42. The molecule has 1 aromatic rings. The van der Waals surface area contributed by atoms with Crippen LogP contribution >= 0.6 is 0 Å². The van der Waals surface area contributed by atoms with E-state index in [4.69, 9.17) is 4.74 Å². The van der Waals surface area contributed by atoms with Crippen LogP contribution in [0.25, 0.3) is 0 Å². The third-order valence-electron chi connectivity index (χ3n) is 3.84. The lowest BCUT2D eigenvalue weighted by molar-refractivity contribution is -0.0555. The zero-order valence-electron chi connectivity index (χ0n) is 12.2. The fourth-order valence-electron chi connectivity index (χ4n) is 2.66. The highest BCUT2D eigenvalue weighted by Gasteiger charge is 2.30. The van der Waals surface area contributed by atoms with Crippen LogP contribution in [0.1, 0.15) is 25.5 Å². The van der Waals surface area contributed by atoms with Crippen LogP contribution in [-0.2, 0) is 4.74 Å². The Kier molecular flexibility index (Phi) is 5.07. The summed E-state index contributed by atoms with van der Waals surface area (Å²) in [7, 11) is 1.77. The van der Waals surface area contributed by atoms with E-state index in [-0.39, 0.29) is 12.1 Å². The third-order valence-corrected chi connectivity index (χ3v) is 3.84. The fourth-order valence-corrected chi connectivity index (χ4v) is 2.66. The minimum Gasteiger partial charge on any atom is -0.374 e. The van der Waals surface area contributed by atoms with Gasteiger partial charge in [-0.2, -0.15) is 0 Å². The van der Waals surface area contributed by atoms with Crippen LogP contribution in [-0.4, -0.2) is 43.8 Å². The molecule has 1 saturated heterocycles. The lowest BCUT2D eigenvalue weighted by Crippen LogP contribution is -2.50. The topological polar surface area (TPSA) is 24.5 Å². The second-order valence-corrected chi connectivity index (χ2v) is 5.43. The van der Waals surface area contributed by atoms with Gasteiger partial charge in [-0.25, -0.2) is 8.78 Å². The normalized spacial score (nSPS) is 22.2. The number of benzene rings is 1. The van der Waals surface area contributed by atoms with Crippen LogP contribution in [0.2, 0.25) is 0 Å². The summed E-state index contributed by atoms with van der Waals surface area (Å²) in [6.07, 6.45) is -0.142. The van der Waals surface area contributed by atoms with Crippen LogP contribution in [0.5, 0.6) is 0 Å². The molecule has 2 atom stereocenters. The van der Waals surface area contributed by atoms with Gasteiger partial charge in [-0.05, 0) is 27.0 Å². The van der Waals surface area contributed by atoms with Gasteiger partial charge in [0.25, 0.3) is 0 Å². The van der Waals surface area contributed by atoms with Gasteiger partial charge in [-0.1, -0.05) is 6.07 Å². The van der Waals surface area contributed by atoms with Crippen molar-refractivity contribution in [1.82, 2.24) is 10.2 Å². The van der Waals surface area contributed by atoms with Crippen LogP contribution in [0.15, 0.2) is 18.2 Å². The second-order valence-electron chi connectivity index (χ2n) is 5.43. The SMILES string of the molecule is CNC(c1ccc(F)cc1F)C1CN(C(C)C)CCO1. The predicted molar refractivity (Wildman–Crippen MR) is 74.6 cm³/mol. The quantitative estimate of drug-likeness (QED) is 0.918. The number of hydrogen-bond donors (Lipinski definition) is 1. The molecule has 0 amide bonds. The number of morpholine rings is 1. The summed E-state index contributed by atoms with van der Waals surface area (Å²) in [5.41, 5.74) is 0.449. The first-order valence-corrected chi connectivity index (χ1v) is 7.00. The average molecular weight is 284 g/mol. The smallest absolute Gasteiger partial charge is 0.130 e. The van der Waals surface area contributed by atoms with Gasteiger partial charge in [-0.15, -0.1) is 0 Å². The molecule has 0 radical (unpaired) electrons. The number of likely N-dealkylation sites (N-methyl/N-ethyl adjacent to an activating group) is 1. The third kappa shape index (κ3) is 3.34. The van der Waals surface area contributed by atoms with Crippen molar-refractivity contribution in [2.45, 2.75) is 32.0 Å². The Hall–Kier alpha value is -1.04. The molecule has 1 aliphatic rings. The van der Waals surface area contributed by atoms with E-state index in [0.717, 1.165) is 19.2 Å². The lowest BCUT2D eigenvalue weighted by Gasteiger charge is -2.39. The predicted octanol–water partition coefficient (Wildman–Crippen LogP) is 2.33. The molecular weight excluding hydrogens is 262 g/mol. The molecule has 1 aliphatic heterocycles. The monoisotopic (exact) mass is 284 g/mol. The number of rotatable bonds is 4. The molecule has 5 heteroatoms. The maximum absolute atomic E-state index is 13.9. The highest BCUT2D eigenvalue weighted by atomic mass is 19.1. The molecule has 1 fully saturated rings. The largest absolute Gasteiger partial charge is 0.374 e. The van der Waals surface area contributed by atoms with Gasteiger partial charge in [-0.3, -0.25) is 4.90 Å². The van der Waals surface area contributed by atoms with Gasteiger partial charge < -0.3 is 10.1 Å². The Labute approximate surface area is 118 Å². The molecule has 3 nitrogen and oxygen atoms in total. The standard InChI is InChI=1S/C15H22F2N2O/c1-10(2)19-6-7-20-14(9-19)15(18-3)12-5-4-11(16)8-13(12)17/h4-5,8,10,14-15,18H,6-7,9H2,1-3H3. The molecule has 1 heterocycles. The van der Waals surface area contributed by atoms with Gasteiger partial charge in [0.15, 0.2) is 0 Å². The highest BCUT2D eigenvalue weighted by Crippen LogP contribution is 2.25. The number of halogens is 2. The first-order valence-electron chi connectivity index (χ1n) is 7.00. The Morgan fingerprint density at radius 3 is 2.70 bits per heavy atom. The van der Waals surface area contributed by atoms with Gasteiger partial charge in [0.1, 0.15) is 11.6 Å². The van der Waals surface area contributed by atoms with E-state index >= 15 is 0 Å². The first kappa shape index (κ1) is 15.4. The molecule has 0 saturated carbocycles. The second kappa shape index (κ2) is 6.61. The van der Waals surface area contributed by atoms with Gasteiger partial charge in [0.2, 0.25) is 0 Å². The van der Waals surface area contributed by atoms with Crippen LogP contribution in [0.3, 0.4) is 0 Å². The van der Waals surface area contributed by atoms with Gasteiger partial charge >= 0.3 is 0 Å². The van der Waals surface area contributed by atoms with Crippen molar-refractivity contribution in [3.05, 3.63) is 35.4 Å². The number of ether oxygens (including phenoxy) is 1. The molecule has 0 aromatic heterocycles. The first-order chi connectivity index (χ1) is 9.52. The van der Waals surface area contributed by atoms with Crippen LogP contribution in [0.4, 0.5) is 8.78 Å². The molecule has 2 unspecified atom stereocenters. The van der Waals surface area contributed by atoms with E-state index in [1.807, 2.05) is 0 Å². The van der Waals surface area contributed by atoms with Crippen molar-refractivity contribution in [3.63, 3.8) is 0 Å². The molecule has 112 valence electrons. The molecule has 20 heavy (non-hydrogen) atoms. The van der Waals surface area contributed by atoms with Crippen molar-refractivity contribution >= 4 is 0 Å². The van der Waals surface area contributed by atoms with Crippen molar-refractivity contribution < 1.29 is 13.5 Å². The Bertz CT molecular complexity index is 453. The summed E-state index contributed by atoms with van der Waals surface area (Å²) in [6.45, 7) is 6.52. The zero-order valence-corrected chi connectivity index (χ0v) is 12.2. The van der Waals surface area contributed by atoms with Crippen molar-refractivity contribution in [2.75, 3.05) is 26.7 Å². The van der Waals surface area contributed by atoms with Crippen LogP contribution < -0.4 is 5.32 Å². The Morgan fingerprint density at radius 1 is 1.35 bits per heavy atom. The van der Waals surface area contributed by atoms with Gasteiger partial charge in [0, 0.05) is 30.8 Å². The molecule has 0 bridgehead atoms. The summed E-state index contributed by atoms with van der Waals surface area (Å²) >= 11 is 0. The van der Waals surface area contributed by atoms with Crippen LogP contribution in [0, 0.1) is 11.6 Å². The van der Waals surface area contributed by atoms with Crippen molar-refractivity contribution in [3.8, 4) is 0 Å². The minimum atomic E-state index is -0.561. The molecule has 1 aromatic carbocycles. The summed E-state index contributed by atoms with van der Waals surface area (Å²) in [6, 6.07) is 3.84. The van der Waals surface area contributed by atoms with Crippen molar-refractivity contribution in [1.29, 1.82) is 0 Å². The van der Waals surface area contributed by atoms with E-state index in [9.17, 15) is 8.78 Å². The molecule has 2 rings (SSSR count). The fraction of sp³-hybridized carbons (Fsp3) is 0.600. The Balaban J connectivity index is 2.19. The van der Waals surface area contributed by atoms with E-state index < -0.39 is 11.6 Å². The number of hydrogen-bond acceptors (Lipinski definition) is 3. The number of nitrogens with zero attached hydrogens (tertiary/aromatic N) is 1. The summed E-state index contributed by atoms with van der Waals surface area (Å²) in [5, 5.41) is 3.09. The summed E-state index contributed by atoms with van der Waals surface area (Å²) in [4.78, 5) is 2.31. The van der Waals surface area contributed by atoms with Crippen molar-refractivity contribution in [2.24, 2.45) is 0 Å². The summed E-state index contributed by atoms with van der Waals surface area (Å²) in [5.74, 6) is -1.09. The maximum atomic E-state index is 13.9. The molecule has 0 spiro atoms. The summed E-state index contributed by atoms with van der Waals surface area (Å²) < 4.78 is 32.8. The molecular formula is C15H22F2N2O. The minimum absolute atomic E-state index is 0.142. The van der Waals surface area contributed by atoms with Gasteiger partial charge in [0.05, 0.1) is 18.8 Å². The molecule has 1 N–H and O–H groups in total. The Morgan fingerprint density at radius 2 is 2.10 bits per heavy atom. The van der Waals surface area contributed by atoms with E-state index in [0.29, 0.717) is 18.2 Å². The highest BCUT2D eigenvalue weighted by molar-refractivity contribution is 5.23. The van der Waals surface area contributed by atoms with E-state index in [2.05, 4.69) is 24.1 Å². The zero-order chi connectivity index (χ0) is 14.7. The molecule has 0 aliphatic carbocycles. The lowest BCUT2D eigenvalue weighted by atomic mass is 9.99. The van der Waals surface area contributed by atoms with E-state index in [1.165, 1.54) is 12.1 Å². The maximum Gasteiger partial charge on any atom is 0.130 e.